The van der Waals surface area contributed by atoms with Crippen LogP contribution in [0.25, 0.3) is 11.0 Å². The van der Waals surface area contributed by atoms with Gasteiger partial charge in [0.1, 0.15) is 11.1 Å². The Kier molecular flexibility index (Phi) is 6.73. The number of nitrogens with one attached hydrogen (secondary N) is 1. The molecule has 0 atom stereocenters. The molecule has 0 unspecified atom stereocenters. The number of nitro benzene ring substituents is 1. The van der Waals surface area contributed by atoms with E-state index in [1.54, 1.807) is 12.1 Å². The minimum absolute atomic E-state index is 0.161. The fraction of sp³-hybridized carbons (Fsp3) is 0.304. The molecular formula is C23H23ClN4O5. The van der Waals surface area contributed by atoms with Gasteiger partial charge in [-0.2, -0.15) is 0 Å². The van der Waals surface area contributed by atoms with E-state index in [-0.39, 0.29) is 22.2 Å². The van der Waals surface area contributed by atoms with Crippen LogP contribution in [-0.2, 0) is 6.54 Å². The average molecular weight is 471 g/mol. The minimum atomic E-state index is -0.831. The summed E-state index contributed by atoms with van der Waals surface area (Å²) in [7, 11) is 0. The van der Waals surface area contributed by atoms with Crippen LogP contribution >= 0.6 is 11.6 Å². The van der Waals surface area contributed by atoms with Crippen LogP contribution in [-0.4, -0.2) is 53.4 Å². The average Bonchev–Trinajstić information content (AvgIpc) is 2.80. The van der Waals surface area contributed by atoms with E-state index < -0.39 is 16.5 Å². The predicted molar refractivity (Wildman–Crippen MR) is 126 cm³/mol. The molecule has 10 heteroatoms. The van der Waals surface area contributed by atoms with Gasteiger partial charge in [-0.15, -0.1) is 0 Å². The summed E-state index contributed by atoms with van der Waals surface area (Å²) in [6.45, 7) is 7.93. The predicted octanol–water partition coefficient (Wildman–Crippen LogP) is 3.74. The number of carbonyl (C=O) groups excluding carboxylic acids is 1. The molecule has 0 spiro atoms. The number of nitro groups is 1. The van der Waals surface area contributed by atoms with Gasteiger partial charge in [0, 0.05) is 61.0 Å². The van der Waals surface area contributed by atoms with E-state index in [9.17, 15) is 19.7 Å². The summed E-state index contributed by atoms with van der Waals surface area (Å²) in [4.78, 5) is 40.2. The molecule has 0 bridgehead atoms. The first-order valence-corrected chi connectivity index (χ1v) is 11.0. The Bertz CT molecular complexity index is 1270. The molecule has 0 saturated carbocycles. The van der Waals surface area contributed by atoms with E-state index in [4.69, 9.17) is 16.0 Å². The SMILES string of the molecule is CCN1CCN(Cc2ccc(NC(=O)c3cc4cc([N+](=O)[O-])ccc4oc3=O)cc2Cl)CC1. The molecule has 172 valence electrons. The van der Waals surface area contributed by atoms with E-state index >= 15 is 0 Å². The normalized spacial score (nSPS) is 15.0. The summed E-state index contributed by atoms with van der Waals surface area (Å²) >= 11 is 6.46. The molecular weight excluding hydrogens is 448 g/mol. The zero-order valence-corrected chi connectivity index (χ0v) is 18.8. The fourth-order valence-electron chi connectivity index (χ4n) is 3.84. The molecule has 4 rings (SSSR count). The summed E-state index contributed by atoms with van der Waals surface area (Å²) in [5.74, 6) is -0.684. The van der Waals surface area contributed by atoms with Gasteiger partial charge in [0.2, 0.25) is 0 Å². The standard InChI is InChI=1S/C23H23ClN4O5/c1-2-26-7-9-27(10-8-26)14-15-3-4-17(13-20(15)24)25-22(29)19-12-16-11-18(28(31)32)5-6-21(16)33-23(19)30/h3-6,11-13H,2,7-10,14H2,1H3,(H,25,29). The van der Waals surface area contributed by atoms with Gasteiger partial charge < -0.3 is 14.6 Å². The van der Waals surface area contributed by atoms with Gasteiger partial charge in [0.05, 0.1) is 4.92 Å². The fourth-order valence-corrected chi connectivity index (χ4v) is 4.08. The Morgan fingerprint density at radius 3 is 2.52 bits per heavy atom. The van der Waals surface area contributed by atoms with Gasteiger partial charge in [0.25, 0.3) is 11.6 Å². The number of anilines is 1. The number of halogens is 1. The Balaban J connectivity index is 1.48. The van der Waals surface area contributed by atoms with Gasteiger partial charge in [-0.25, -0.2) is 4.79 Å². The molecule has 33 heavy (non-hydrogen) atoms. The maximum absolute atomic E-state index is 12.7. The van der Waals surface area contributed by atoms with Crippen LogP contribution in [0.5, 0.6) is 0 Å². The molecule has 2 heterocycles. The van der Waals surface area contributed by atoms with Crippen molar-refractivity contribution in [2.45, 2.75) is 13.5 Å². The van der Waals surface area contributed by atoms with Crippen molar-refractivity contribution in [3.8, 4) is 0 Å². The van der Waals surface area contributed by atoms with Gasteiger partial charge >= 0.3 is 5.63 Å². The quantitative estimate of drug-likeness (QED) is 0.332. The topological polar surface area (TPSA) is 109 Å². The van der Waals surface area contributed by atoms with Crippen molar-refractivity contribution in [1.29, 1.82) is 0 Å². The van der Waals surface area contributed by atoms with Crippen molar-refractivity contribution in [3.63, 3.8) is 0 Å². The van der Waals surface area contributed by atoms with Crippen molar-refractivity contribution in [3.05, 3.63) is 79.1 Å². The van der Waals surface area contributed by atoms with Crippen LogP contribution in [0.3, 0.4) is 0 Å². The molecule has 1 aromatic heterocycles. The molecule has 1 N–H and O–H groups in total. The molecule has 1 amide bonds. The van der Waals surface area contributed by atoms with Crippen molar-refractivity contribution < 1.29 is 14.1 Å². The first-order chi connectivity index (χ1) is 15.8. The first-order valence-electron chi connectivity index (χ1n) is 10.6. The van der Waals surface area contributed by atoms with Crippen molar-refractivity contribution in [2.75, 3.05) is 38.0 Å². The maximum atomic E-state index is 12.7. The Morgan fingerprint density at radius 2 is 1.85 bits per heavy atom. The number of non-ortho nitro benzene ring substituents is 1. The number of nitrogens with zero attached hydrogens (tertiary/aromatic N) is 3. The van der Waals surface area contributed by atoms with Crippen LogP contribution in [0.15, 0.2) is 51.7 Å². The van der Waals surface area contributed by atoms with Crippen molar-refractivity contribution in [2.24, 2.45) is 0 Å². The third kappa shape index (κ3) is 5.22. The van der Waals surface area contributed by atoms with Crippen LogP contribution in [0.1, 0.15) is 22.8 Å². The van der Waals surface area contributed by atoms with E-state index in [0.29, 0.717) is 10.7 Å². The Labute approximate surface area is 194 Å². The Hall–Kier alpha value is -3.27. The molecule has 3 aromatic rings. The minimum Gasteiger partial charge on any atom is -0.422 e. The highest BCUT2D eigenvalue weighted by Crippen LogP contribution is 2.24. The highest BCUT2D eigenvalue weighted by molar-refractivity contribution is 6.31. The van der Waals surface area contributed by atoms with Crippen LogP contribution in [0.2, 0.25) is 5.02 Å². The number of fused-ring (bicyclic) bond motifs is 1. The van der Waals surface area contributed by atoms with E-state index in [1.165, 1.54) is 24.3 Å². The Morgan fingerprint density at radius 1 is 1.12 bits per heavy atom. The molecule has 9 nitrogen and oxygen atoms in total. The van der Waals surface area contributed by atoms with Gasteiger partial charge in [-0.3, -0.25) is 19.8 Å². The van der Waals surface area contributed by atoms with E-state index in [2.05, 4.69) is 22.0 Å². The molecule has 1 aliphatic rings. The number of likely N-dealkylation sites (N-methyl/N-ethyl adjacent to an activating group) is 1. The molecule has 0 radical (unpaired) electrons. The summed E-state index contributed by atoms with van der Waals surface area (Å²) in [5, 5.41) is 14.5. The maximum Gasteiger partial charge on any atom is 0.349 e. The van der Waals surface area contributed by atoms with Gasteiger partial charge in [0.15, 0.2) is 0 Å². The lowest BCUT2D eigenvalue weighted by Crippen LogP contribution is -2.45. The third-order valence-corrected chi connectivity index (χ3v) is 6.14. The van der Waals surface area contributed by atoms with Crippen molar-refractivity contribution in [1.82, 2.24) is 9.80 Å². The molecule has 0 aliphatic carbocycles. The molecule has 1 saturated heterocycles. The molecule has 1 aliphatic heterocycles. The van der Waals surface area contributed by atoms with Crippen LogP contribution in [0, 0.1) is 10.1 Å². The lowest BCUT2D eigenvalue weighted by molar-refractivity contribution is -0.384. The van der Waals surface area contributed by atoms with Crippen LogP contribution in [0.4, 0.5) is 11.4 Å². The second-order valence-electron chi connectivity index (χ2n) is 7.90. The second-order valence-corrected chi connectivity index (χ2v) is 8.30. The smallest absolute Gasteiger partial charge is 0.349 e. The number of carbonyl (C=O) groups is 1. The van der Waals surface area contributed by atoms with E-state index in [0.717, 1.165) is 44.8 Å². The molecule has 2 aromatic carbocycles. The summed E-state index contributed by atoms with van der Waals surface area (Å²) < 4.78 is 5.16. The van der Waals surface area contributed by atoms with Gasteiger partial charge in [-0.05, 0) is 36.4 Å². The second kappa shape index (κ2) is 9.70. The highest BCUT2D eigenvalue weighted by atomic mass is 35.5. The van der Waals surface area contributed by atoms with Crippen molar-refractivity contribution >= 4 is 39.9 Å². The number of rotatable bonds is 6. The summed E-state index contributed by atoms with van der Waals surface area (Å²) in [5.41, 5.74) is 0.301. The third-order valence-electron chi connectivity index (χ3n) is 5.79. The van der Waals surface area contributed by atoms with Gasteiger partial charge in [-0.1, -0.05) is 24.6 Å². The zero-order valence-electron chi connectivity index (χ0n) is 18.0. The lowest BCUT2D eigenvalue weighted by atomic mass is 10.1. The summed E-state index contributed by atoms with van der Waals surface area (Å²) in [6.07, 6.45) is 0. The first kappa shape index (κ1) is 22.9. The summed E-state index contributed by atoms with van der Waals surface area (Å²) in [6, 6.07) is 10.3. The zero-order chi connectivity index (χ0) is 23.5. The number of hydrogen-bond acceptors (Lipinski definition) is 7. The van der Waals surface area contributed by atoms with Crippen LogP contribution < -0.4 is 10.9 Å². The number of piperazine rings is 1. The largest absolute Gasteiger partial charge is 0.422 e. The highest BCUT2D eigenvalue weighted by Gasteiger charge is 2.18. The monoisotopic (exact) mass is 470 g/mol. The number of hydrogen-bond donors (Lipinski definition) is 1. The van der Waals surface area contributed by atoms with E-state index in [1.807, 2.05) is 6.07 Å². The number of amides is 1. The lowest BCUT2D eigenvalue weighted by Gasteiger charge is -2.34. The number of benzene rings is 2. The molecule has 1 fully saturated rings.